The Balaban J connectivity index is 2.35. The van der Waals surface area contributed by atoms with Crippen molar-refractivity contribution < 1.29 is 9.59 Å². The summed E-state index contributed by atoms with van der Waals surface area (Å²) >= 11 is 0. The van der Waals surface area contributed by atoms with Crippen LogP contribution in [0.4, 0.5) is 0 Å². The summed E-state index contributed by atoms with van der Waals surface area (Å²) < 4.78 is 0. The van der Waals surface area contributed by atoms with E-state index < -0.39 is 0 Å². The van der Waals surface area contributed by atoms with E-state index in [-0.39, 0.29) is 22.6 Å². The molecular weight excluding hydrogens is 196 g/mol. The maximum atomic E-state index is 11.4. The van der Waals surface area contributed by atoms with Gasteiger partial charge in [0.05, 0.1) is 0 Å². The van der Waals surface area contributed by atoms with E-state index in [1.807, 2.05) is 0 Å². The first kappa shape index (κ1) is 8.25. The topological polar surface area (TPSA) is 40.6 Å². The zero-order valence-corrected chi connectivity index (χ0v) is 8.32. The summed E-state index contributed by atoms with van der Waals surface area (Å²) in [5.41, 5.74) is 0. The predicted molar refractivity (Wildman–Crippen MR) is 48.3 cm³/mol. The summed E-state index contributed by atoms with van der Waals surface area (Å²) in [7, 11) is 6.29. The van der Waals surface area contributed by atoms with Gasteiger partial charge in [0.1, 0.15) is 0 Å². The highest BCUT2D eigenvalue weighted by molar-refractivity contribution is 8.77. The Bertz CT molecular complexity index is 232. The number of nitrogens with zero attached hydrogens (tertiary/aromatic N) is 2. The molecule has 0 aliphatic carbocycles. The van der Waals surface area contributed by atoms with E-state index in [1.165, 1.54) is 31.4 Å². The Morgan fingerprint density at radius 3 is 1.67 bits per heavy atom. The first-order valence-corrected chi connectivity index (χ1v) is 5.76. The molecule has 2 amide bonds. The van der Waals surface area contributed by atoms with E-state index >= 15 is 0 Å². The average Bonchev–Trinajstić information content (AvgIpc) is 2.05. The number of hydrogen-bond donors (Lipinski definition) is 0. The highest BCUT2D eigenvalue weighted by Gasteiger charge is 2.48. The van der Waals surface area contributed by atoms with Gasteiger partial charge < -0.3 is 9.80 Å². The van der Waals surface area contributed by atoms with Crippen molar-refractivity contribution in [1.29, 1.82) is 0 Å². The Hall–Kier alpha value is -0.360. The SMILES string of the molecule is CN1C(=O)C2SSC1C(=O)N2C. The molecule has 3 rings (SSSR count). The standard InChI is InChI=1S/C6H8N2O2S2/c1-7-3(9)6-8(2)4(10)5(7)11-12-6/h5-6H,1-2H3. The van der Waals surface area contributed by atoms with Crippen LogP contribution in [0.15, 0.2) is 0 Å². The molecule has 0 aromatic rings. The van der Waals surface area contributed by atoms with Gasteiger partial charge in [-0.05, 0) is 0 Å². The van der Waals surface area contributed by atoms with Crippen LogP contribution in [-0.2, 0) is 9.59 Å². The lowest BCUT2D eigenvalue weighted by Gasteiger charge is -2.45. The van der Waals surface area contributed by atoms with Gasteiger partial charge in [0.15, 0.2) is 10.7 Å². The van der Waals surface area contributed by atoms with Gasteiger partial charge in [-0.25, -0.2) is 0 Å². The molecule has 3 fully saturated rings. The van der Waals surface area contributed by atoms with Crippen molar-refractivity contribution in [2.75, 3.05) is 14.1 Å². The zero-order chi connectivity index (χ0) is 8.88. The van der Waals surface area contributed by atoms with Gasteiger partial charge >= 0.3 is 0 Å². The third-order valence-corrected chi connectivity index (χ3v) is 5.00. The molecule has 0 spiro atoms. The number of hydrogen-bond acceptors (Lipinski definition) is 4. The quantitative estimate of drug-likeness (QED) is 0.519. The third kappa shape index (κ3) is 0.877. The van der Waals surface area contributed by atoms with Crippen LogP contribution in [0.25, 0.3) is 0 Å². The minimum atomic E-state index is -0.308. The third-order valence-electron chi connectivity index (χ3n) is 2.06. The molecule has 2 bridgehead atoms. The van der Waals surface area contributed by atoms with E-state index in [1.54, 1.807) is 14.1 Å². The number of likely N-dealkylation sites (N-methyl/N-ethyl adjacent to an activating group) is 2. The molecule has 3 aliphatic heterocycles. The van der Waals surface area contributed by atoms with Crippen molar-refractivity contribution in [3.05, 3.63) is 0 Å². The molecule has 0 radical (unpaired) electrons. The molecule has 2 atom stereocenters. The van der Waals surface area contributed by atoms with Gasteiger partial charge in [0.2, 0.25) is 0 Å². The maximum absolute atomic E-state index is 11.4. The van der Waals surface area contributed by atoms with Gasteiger partial charge in [-0.15, -0.1) is 0 Å². The Morgan fingerprint density at radius 1 is 1.00 bits per heavy atom. The second kappa shape index (κ2) is 2.56. The number of carbonyl (C=O) groups is 2. The van der Waals surface area contributed by atoms with Crippen LogP contribution in [0.1, 0.15) is 0 Å². The summed E-state index contributed by atoms with van der Waals surface area (Å²) in [4.78, 5) is 25.9. The average molecular weight is 204 g/mol. The summed E-state index contributed by atoms with van der Waals surface area (Å²) in [6.07, 6.45) is 0. The monoisotopic (exact) mass is 204 g/mol. The van der Waals surface area contributed by atoms with Crippen LogP contribution in [0, 0.1) is 0 Å². The van der Waals surface area contributed by atoms with Crippen molar-refractivity contribution in [1.82, 2.24) is 9.80 Å². The fraction of sp³-hybridized carbons (Fsp3) is 0.667. The molecule has 6 heteroatoms. The van der Waals surface area contributed by atoms with E-state index in [4.69, 9.17) is 0 Å². The lowest BCUT2D eigenvalue weighted by Crippen LogP contribution is -2.62. The number of piperazine rings is 1. The molecule has 0 aromatic heterocycles. The summed E-state index contributed by atoms with van der Waals surface area (Å²) in [6.45, 7) is 0. The van der Waals surface area contributed by atoms with Gasteiger partial charge in [-0.2, -0.15) is 0 Å². The number of rotatable bonds is 0. The maximum Gasteiger partial charge on any atom is 0.257 e. The van der Waals surface area contributed by atoms with Crippen LogP contribution in [0.5, 0.6) is 0 Å². The van der Waals surface area contributed by atoms with Gasteiger partial charge in [-0.1, -0.05) is 21.6 Å². The van der Waals surface area contributed by atoms with Crippen LogP contribution in [-0.4, -0.2) is 46.5 Å². The van der Waals surface area contributed by atoms with Gasteiger partial charge in [0.25, 0.3) is 11.8 Å². The van der Waals surface area contributed by atoms with Gasteiger partial charge in [0, 0.05) is 14.1 Å². The van der Waals surface area contributed by atoms with Crippen LogP contribution in [0.2, 0.25) is 0 Å². The van der Waals surface area contributed by atoms with Crippen molar-refractivity contribution in [2.24, 2.45) is 0 Å². The molecule has 0 saturated carbocycles. The highest BCUT2D eigenvalue weighted by atomic mass is 33.1. The fourth-order valence-electron chi connectivity index (χ4n) is 1.23. The summed E-state index contributed by atoms with van der Waals surface area (Å²) in [6, 6.07) is 0. The Morgan fingerprint density at radius 2 is 1.33 bits per heavy atom. The van der Waals surface area contributed by atoms with Crippen LogP contribution in [0.3, 0.4) is 0 Å². The number of amides is 2. The highest BCUT2D eigenvalue weighted by Crippen LogP contribution is 2.44. The first-order valence-electron chi connectivity index (χ1n) is 3.48. The molecule has 3 aliphatic rings. The van der Waals surface area contributed by atoms with Crippen molar-refractivity contribution >= 4 is 33.4 Å². The summed E-state index contributed by atoms with van der Waals surface area (Å²) in [5, 5.41) is -0.616. The predicted octanol–water partition coefficient (Wildman–Crippen LogP) is -0.0360. The lowest BCUT2D eigenvalue weighted by molar-refractivity contribution is -0.150. The normalized spacial score (nSPS) is 34.8. The largest absolute Gasteiger partial charge is 0.322 e. The van der Waals surface area contributed by atoms with E-state index in [2.05, 4.69) is 0 Å². The molecule has 0 aromatic carbocycles. The van der Waals surface area contributed by atoms with E-state index in [9.17, 15) is 9.59 Å². The number of carbonyl (C=O) groups excluding carboxylic acids is 2. The van der Waals surface area contributed by atoms with Crippen molar-refractivity contribution in [3.63, 3.8) is 0 Å². The minimum absolute atomic E-state index is 0.0332. The fourth-order valence-corrected chi connectivity index (χ4v) is 4.30. The smallest absolute Gasteiger partial charge is 0.257 e. The molecule has 2 unspecified atom stereocenters. The minimum Gasteiger partial charge on any atom is -0.322 e. The Labute approximate surface area is 78.0 Å². The van der Waals surface area contributed by atoms with Crippen molar-refractivity contribution in [3.8, 4) is 0 Å². The van der Waals surface area contributed by atoms with E-state index in [0.29, 0.717) is 0 Å². The van der Waals surface area contributed by atoms with Crippen molar-refractivity contribution in [2.45, 2.75) is 10.7 Å². The molecule has 66 valence electrons. The zero-order valence-electron chi connectivity index (χ0n) is 6.68. The lowest BCUT2D eigenvalue weighted by atomic mass is 10.3. The number of fused-ring (bicyclic) bond motifs is 3. The molecule has 0 N–H and O–H groups in total. The van der Waals surface area contributed by atoms with Crippen LogP contribution >= 0.6 is 21.6 Å². The molecule has 3 heterocycles. The first-order chi connectivity index (χ1) is 5.63. The summed E-state index contributed by atoms with van der Waals surface area (Å²) in [5.74, 6) is 0.0664. The Kier molecular flexibility index (Phi) is 1.76. The second-order valence-corrected chi connectivity index (χ2v) is 5.23. The van der Waals surface area contributed by atoms with E-state index in [0.717, 1.165) is 0 Å². The molecule has 3 saturated heterocycles. The van der Waals surface area contributed by atoms with Gasteiger partial charge in [-0.3, -0.25) is 9.59 Å². The molecular formula is C6H8N2O2S2. The van der Waals surface area contributed by atoms with Crippen LogP contribution < -0.4 is 0 Å². The molecule has 12 heavy (non-hydrogen) atoms. The second-order valence-electron chi connectivity index (χ2n) is 2.80. The molecule has 4 nitrogen and oxygen atoms in total.